The molecule has 0 unspecified atom stereocenters. The number of nitrogen functional groups attached to an aromatic ring is 1. The maximum Gasteiger partial charge on any atom is 0.350 e. The van der Waals surface area contributed by atoms with E-state index in [9.17, 15) is 9.36 Å². The van der Waals surface area contributed by atoms with Crippen LogP contribution in [0.1, 0.15) is 0 Å². The molecule has 2 heterocycles. The summed E-state index contributed by atoms with van der Waals surface area (Å²) in [4.78, 5) is 38.9. The van der Waals surface area contributed by atoms with Crippen molar-refractivity contribution in [1.29, 1.82) is 0 Å². The molecule has 0 aliphatic carbocycles. The topological polar surface area (TPSA) is 166 Å². The van der Waals surface area contributed by atoms with Gasteiger partial charge in [0.25, 0.3) is 5.56 Å². The minimum absolute atomic E-state index is 0.0217. The van der Waals surface area contributed by atoms with Crippen molar-refractivity contribution in [2.75, 3.05) is 25.3 Å². The summed E-state index contributed by atoms with van der Waals surface area (Å²) in [6, 6.07) is 0. The smallest absolute Gasteiger partial charge is 0.350 e. The van der Waals surface area contributed by atoms with Crippen molar-refractivity contribution < 1.29 is 23.8 Å². The van der Waals surface area contributed by atoms with Gasteiger partial charge in [-0.15, -0.1) is 0 Å². The van der Waals surface area contributed by atoms with Gasteiger partial charge in [-0.05, 0) is 0 Å². The number of ether oxygens (including phenoxy) is 2. The second kappa shape index (κ2) is 6.33. The lowest BCUT2D eigenvalue weighted by Crippen LogP contribution is -2.13. The van der Waals surface area contributed by atoms with Gasteiger partial charge < -0.3 is 25.0 Å². The maximum absolute atomic E-state index is 11.5. The van der Waals surface area contributed by atoms with Gasteiger partial charge in [0, 0.05) is 0 Å². The fourth-order valence-electron chi connectivity index (χ4n) is 1.53. The highest BCUT2D eigenvalue weighted by atomic mass is 31.2. The number of hydrogen-bond donors (Lipinski definition) is 4. The van der Waals surface area contributed by atoms with Crippen LogP contribution in [0.15, 0.2) is 11.1 Å². The molecule has 0 spiro atoms. The zero-order valence-corrected chi connectivity index (χ0v) is 11.7. The summed E-state index contributed by atoms with van der Waals surface area (Å²) < 4.78 is 22.0. The lowest BCUT2D eigenvalue weighted by Gasteiger charge is -2.07. The van der Waals surface area contributed by atoms with Crippen molar-refractivity contribution in [2.45, 2.75) is 6.73 Å². The van der Waals surface area contributed by atoms with Crippen molar-refractivity contribution in [3.8, 4) is 0 Å². The van der Waals surface area contributed by atoms with E-state index in [1.807, 2.05) is 0 Å². The van der Waals surface area contributed by atoms with Crippen molar-refractivity contribution in [2.24, 2.45) is 0 Å². The molecule has 0 aliphatic heterocycles. The highest BCUT2D eigenvalue weighted by molar-refractivity contribution is 7.51. The van der Waals surface area contributed by atoms with Crippen molar-refractivity contribution >= 4 is 24.7 Å². The quantitative estimate of drug-likeness (QED) is 0.363. The number of nitrogens with one attached hydrogen (secondary N) is 1. The molecule has 0 radical (unpaired) electrons. The molecule has 0 fully saturated rings. The van der Waals surface area contributed by atoms with Crippen LogP contribution in [0, 0.1) is 0 Å². The SMILES string of the molecule is Nc1nc2c(ncn2COCCOCP(=O)(O)O)c(=O)[nH]1. The van der Waals surface area contributed by atoms with E-state index in [0.29, 0.717) is 0 Å². The molecule has 0 aliphatic rings. The summed E-state index contributed by atoms with van der Waals surface area (Å²) in [7, 11) is -4.16. The summed E-state index contributed by atoms with van der Waals surface area (Å²) in [6.45, 7) is 0.178. The molecular formula is C9H14N5O6P. The van der Waals surface area contributed by atoms with Gasteiger partial charge >= 0.3 is 7.60 Å². The van der Waals surface area contributed by atoms with E-state index >= 15 is 0 Å². The predicted octanol–water partition coefficient (Wildman–Crippen LogP) is -1.17. The van der Waals surface area contributed by atoms with E-state index in [2.05, 4.69) is 15.0 Å². The van der Waals surface area contributed by atoms with Gasteiger partial charge in [0.1, 0.15) is 13.1 Å². The normalized spacial score (nSPS) is 12.1. The van der Waals surface area contributed by atoms with E-state index in [4.69, 9.17) is 25.0 Å². The van der Waals surface area contributed by atoms with E-state index in [1.54, 1.807) is 0 Å². The predicted molar refractivity (Wildman–Crippen MR) is 71.4 cm³/mol. The Kier molecular flexibility index (Phi) is 4.70. The molecule has 0 saturated heterocycles. The van der Waals surface area contributed by atoms with Crippen molar-refractivity contribution in [3.63, 3.8) is 0 Å². The largest absolute Gasteiger partial charge is 0.369 e. The molecule has 116 valence electrons. The van der Waals surface area contributed by atoms with Gasteiger partial charge in [0.2, 0.25) is 5.95 Å². The number of nitrogens with zero attached hydrogens (tertiary/aromatic N) is 3. The molecule has 21 heavy (non-hydrogen) atoms. The Morgan fingerprint density at radius 1 is 1.38 bits per heavy atom. The Hall–Kier alpha value is -1.78. The van der Waals surface area contributed by atoms with Crippen molar-refractivity contribution in [3.05, 3.63) is 16.7 Å². The van der Waals surface area contributed by atoms with E-state index in [1.165, 1.54) is 10.9 Å². The van der Waals surface area contributed by atoms with E-state index < -0.39 is 19.5 Å². The van der Waals surface area contributed by atoms with Crippen LogP contribution in [0.4, 0.5) is 5.95 Å². The van der Waals surface area contributed by atoms with Gasteiger partial charge in [-0.25, -0.2) is 4.98 Å². The number of H-pyrrole nitrogens is 1. The van der Waals surface area contributed by atoms with Crippen LogP contribution in [0.5, 0.6) is 0 Å². The third-order valence-corrected chi connectivity index (χ3v) is 2.87. The number of anilines is 1. The number of fused-ring (bicyclic) bond motifs is 1. The van der Waals surface area contributed by atoms with Crippen LogP contribution < -0.4 is 11.3 Å². The van der Waals surface area contributed by atoms with Crippen LogP contribution >= 0.6 is 7.60 Å². The maximum atomic E-state index is 11.5. The Morgan fingerprint density at radius 3 is 2.81 bits per heavy atom. The molecule has 0 amide bonds. The average Bonchev–Trinajstić information content (AvgIpc) is 2.75. The third kappa shape index (κ3) is 4.34. The van der Waals surface area contributed by atoms with Gasteiger partial charge in [0.15, 0.2) is 11.2 Å². The number of aromatic nitrogens is 4. The molecular weight excluding hydrogens is 305 g/mol. The van der Waals surface area contributed by atoms with Crippen LogP contribution in [-0.4, -0.2) is 48.9 Å². The minimum Gasteiger partial charge on any atom is -0.369 e. The van der Waals surface area contributed by atoms with E-state index in [-0.39, 0.29) is 37.1 Å². The summed E-state index contributed by atoms with van der Waals surface area (Å²) in [5.74, 6) is -0.0285. The molecule has 0 bridgehead atoms. The van der Waals surface area contributed by atoms with Crippen LogP contribution in [0.2, 0.25) is 0 Å². The van der Waals surface area contributed by atoms with Gasteiger partial charge in [-0.3, -0.25) is 18.9 Å². The Labute approximate surface area is 117 Å². The highest BCUT2D eigenvalue weighted by Gasteiger charge is 2.12. The van der Waals surface area contributed by atoms with Gasteiger partial charge in [-0.1, -0.05) is 0 Å². The first kappa shape index (κ1) is 15.6. The Morgan fingerprint density at radius 2 is 2.10 bits per heavy atom. The molecule has 2 aromatic rings. The first-order valence-corrected chi connectivity index (χ1v) is 7.57. The zero-order chi connectivity index (χ0) is 15.5. The first-order valence-electron chi connectivity index (χ1n) is 5.77. The minimum atomic E-state index is -4.16. The number of rotatable bonds is 7. The Balaban J connectivity index is 1.87. The summed E-state index contributed by atoms with van der Waals surface area (Å²) >= 11 is 0. The summed E-state index contributed by atoms with van der Waals surface area (Å²) in [5.41, 5.74) is 5.43. The fraction of sp³-hybridized carbons (Fsp3) is 0.444. The highest BCUT2D eigenvalue weighted by Crippen LogP contribution is 2.33. The van der Waals surface area contributed by atoms with Gasteiger partial charge in [-0.2, -0.15) is 4.98 Å². The molecule has 0 atom stereocenters. The second-order valence-corrected chi connectivity index (χ2v) is 5.66. The van der Waals surface area contributed by atoms with Crippen LogP contribution in [-0.2, 0) is 20.8 Å². The molecule has 5 N–H and O–H groups in total. The average molecular weight is 319 g/mol. The fourth-order valence-corrected chi connectivity index (χ4v) is 1.90. The van der Waals surface area contributed by atoms with E-state index in [0.717, 1.165) is 0 Å². The summed E-state index contributed by atoms with van der Waals surface area (Å²) in [6.07, 6.45) is 0.723. The molecule has 2 rings (SSSR count). The summed E-state index contributed by atoms with van der Waals surface area (Å²) in [5, 5.41) is 0. The number of nitrogens with two attached hydrogens (primary N) is 1. The van der Waals surface area contributed by atoms with Gasteiger partial charge in [0.05, 0.1) is 19.5 Å². The van der Waals surface area contributed by atoms with Crippen LogP contribution in [0.25, 0.3) is 11.2 Å². The molecule has 2 aromatic heterocycles. The molecule has 0 aromatic carbocycles. The lowest BCUT2D eigenvalue weighted by molar-refractivity contribution is 0.0281. The lowest BCUT2D eigenvalue weighted by atomic mass is 10.5. The monoisotopic (exact) mass is 319 g/mol. The molecule has 12 heteroatoms. The molecule has 0 saturated carbocycles. The molecule has 11 nitrogen and oxygen atoms in total. The third-order valence-electron chi connectivity index (χ3n) is 2.35. The van der Waals surface area contributed by atoms with Crippen LogP contribution in [0.3, 0.4) is 0 Å². The number of hydrogen-bond acceptors (Lipinski definition) is 7. The zero-order valence-electron chi connectivity index (χ0n) is 10.8. The second-order valence-electron chi connectivity index (χ2n) is 4.08. The standard InChI is InChI=1S/C9H14N5O6P/c10-9-12-7-6(8(15)13-9)11-3-14(7)4-19-1-2-20-5-21(16,17)18/h3H,1-2,4-5H2,(H2,16,17,18)(H3,10,12,13,15). The Bertz CT molecular complexity index is 721. The van der Waals surface area contributed by atoms with Crippen molar-refractivity contribution in [1.82, 2.24) is 19.5 Å². The number of imidazole rings is 1. The first-order chi connectivity index (χ1) is 9.87. The number of aromatic amines is 1.